The summed E-state index contributed by atoms with van der Waals surface area (Å²) in [7, 11) is 1.46. The second-order valence-corrected chi connectivity index (χ2v) is 5.47. The molecule has 1 aromatic carbocycles. The zero-order valence-electron chi connectivity index (χ0n) is 13.6. The lowest BCUT2D eigenvalue weighted by molar-refractivity contribution is -0.135. The van der Waals surface area contributed by atoms with Crippen LogP contribution >= 0.6 is 0 Å². The number of hydrogen-bond acceptors (Lipinski definition) is 6. The standard InChI is InChI=1S/C17H14N4O5/c1-21-11-4-3-9(15-18-5-2-6-19-15)7-10(11)14(24)13(17(21)26)16(25)20-8-12(22)23/h2-7,24H,8H2,1H3,(H,20,25)(H,22,23). The Hall–Kier alpha value is -3.75. The molecule has 3 rings (SSSR count). The van der Waals surface area contributed by atoms with Crippen LogP contribution in [0, 0.1) is 0 Å². The van der Waals surface area contributed by atoms with Crippen LogP contribution in [-0.2, 0) is 11.8 Å². The van der Waals surface area contributed by atoms with E-state index >= 15 is 0 Å². The predicted octanol–water partition coefficient (Wildman–Crippen LogP) is 0.515. The zero-order chi connectivity index (χ0) is 18.8. The number of amides is 1. The molecular formula is C17H14N4O5. The monoisotopic (exact) mass is 354 g/mol. The molecule has 2 heterocycles. The van der Waals surface area contributed by atoms with Crippen LogP contribution < -0.4 is 10.9 Å². The van der Waals surface area contributed by atoms with Crippen LogP contribution in [0.5, 0.6) is 5.75 Å². The lowest BCUT2D eigenvalue weighted by Gasteiger charge is -2.12. The summed E-state index contributed by atoms with van der Waals surface area (Å²) >= 11 is 0. The largest absolute Gasteiger partial charge is 0.506 e. The minimum absolute atomic E-state index is 0.248. The fourth-order valence-corrected chi connectivity index (χ4v) is 2.57. The summed E-state index contributed by atoms with van der Waals surface area (Å²) in [6.45, 7) is -0.669. The van der Waals surface area contributed by atoms with Gasteiger partial charge in [-0.2, -0.15) is 0 Å². The van der Waals surface area contributed by atoms with Gasteiger partial charge in [0, 0.05) is 30.4 Å². The normalized spacial score (nSPS) is 10.7. The smallest absolute Gasteiger partial charge is 0.322 e. The van der Waals surface area contributed by atoms with Gasteiger partial charge in [0.05, 0.1) is 5.52 Å². The molecule has 0 saturated carbocycles. The van der Waals surface area contributed by atoms with Crippen molar-refractivity contribution in [3.8, 4) is 17.1 Å². The number of hydrogen-bond donors (Lipinski definition) is 3. The third-order valence-electron chi connectivity index (χ3n) is 3.82. The molecule has 26 heavy (non-hydrogen) atoms. The van der Waals surface area contributed by atoms with Gasteiger partial charge in [0.25, 0.3) is 11.5 Å². The van der Waals surface area contributed by atoms with Crippen molar-refractivity contribution in [1.82, 2.24) is 19.9 Å². The molecule has 0 bridgehead atoms. The summed E-state index contributed by atoms with van der Waals surface area (Å²) in [5.41, 5.74) is -0.264. The van der Waals surface area contributed by atoms with Crippen molar-refractivity contribution in [2.75, 3.05) is 6.54 Å². The number of carbonyl (C=O) groups is 2. The average molecular weight is 354 g/mol. The number of benzene rings is 1. The lowest BCUT2D eigenvalue weighted by Crippen LogP contribution is -2.35. The highest BCUT2D eigenvalue weighted by atomic mass is 16.4. The summed E-state index contributed by atoms with van der Waals surface area (Å²) in [6.07, 6.45) is 3.13. The highest BCUT2D eigenvalue weighted by molar-refractivity contribution is 6.03. The van der Waals surface area contributed by atoms with E-state index in [1.807, 2.05) is 0 Å². The number of nitrogens with one attached hydrogen (secondary N) is 1. The number of carbonyl (C=O) groups excluding carboxylic acids is 1. The van der Waals surface area contributed by atoms with E-state index in [4.69, 9.17) is 5.11 Å². The molecular weight excluding hydrogens is 340 g/mol. The van der Waals surface area contributed by atoms with E-state index in [0.717, 1.165) is 0 Å². The van der Waals surface area contributed by atoms with E-state index in [0.29, 0.717) is 16.9 Å². The molecule has 0 aliphatic rings. The van der Waals surface area contributed by atoms with E-state index in [2.05, 4.69) is 15.3 Å². The second kappa shape index (κ2) is 6.63. The van der Waals surface area contributed by atoms with Gasteiger partial charge >= 0.3 is 5.97 Å². The van der Waals surface area contributed by atoms with Crippen molar-refractivity contribution >= 4 is 22.8 Å². The first-order valence-corrected chi connectivity index (χ1v) is 7.53. The van der Waals surface area contributed by atoms with Crippen molar-refractivity contribution in [2.24, 2.45) is 7.05 Å². The molecule has 0 aliphatic carbocycles. The van der Waals surface area contributed by atoms with Crippen LogP contribution in [0.15, 0.2) is 41.5 Å². The van der Waals surface area contributed by atoms with E-state index in [1.165, 1.54) is 11.6 Å². The molecule has 0 atom stereocenters. The predicted molar refractivity (Wildman–Crippen MR) is 91.8 cm³/mol. The fraction of sp³-hybridized carbons (Fsp3) is 0.118. The van der Waals surface area contributed by atoms with Gasteiger partial charge in [-0.25, -0.2) is 9.97 Å². The van der Waals surface area contributed by atoms with Gasteiger partial charge in [0.2, 0.25) is 0 Å². The highest BCUT2D eigenvalue weighted by Gasteiger charge is 2.22. The Kier molecular flexibility index (Phi) is 4.36. The summed E-state index contributed by atoms with van der Waals surface area (Å²) in [6, 6.07) is 6.53. The molecule has 0 unspecified atom stereocenters. The van der Waals surface area contributed by atoms with Crippen LogP contribution in [0.1, 0.15) is 10.4 Å². The number of pyridine rings is 1. The molecule has 0 saturated heterocycles. The van der Waals surface area contributed by atoms with Gasteiger partial charge < -0.3 is 20.1 Å². The number of aromatic hydroxyl groups is 1. The first-order valence-electron chi connectivity index (χ1n) is 7.53. The van der Waals surface area contributed by atoms with Gasteiger partial charge in [-0.15, -0.1) is 0 Å². The van der Waals surface area contributed by atoms with Crippen molar-refractivity contribution in [3.63, 3.8) is 0 Å². The molecule has 0 aliphatic heterocycles. The van der Waals surface area contributed by atoms with Crippen LogP contribution in [0.4, 0.5) is 0 Å². The van der Waals surface area contributed by atoms with Gasteiger partial charge in [-0.3, -0.25) is 14.4 Å². The van der Waals surface area contributed by atoms with Gasteiger partial charge in [0.15, 0.2) is 5.82 Å². The van der Waals surface area contributed by atoms with Crippen LogP contribution in [-0.4, -0.2) is 43.2 Å². The first kappa shape index (κ1) is 17.1. The van der Waals surface area contributed by atoms with E-state index in [-0.39, 0.29) is 5.39 Å². The molecule has 9 nitrogen and oxygen atoms in total. The Balaban J connectivity index is 2.19. The van der Waals surface area contributed by atoms with Crippen molar-refractivity contribution in [3.05, 3.63) is 52.6 Å². The number of carboxylic acid groups (broad SMARTS) is 1. The van der Waals surface area contributed by atoms with Gasteiger partial charge in [-0.1, -0.05) is 0 Å². The second-order valence-electron chi connectivity index (χ2n) is 5.47. The Morgan fingerprint density at radius 2 is 1.92 bits per heavy atom. The summed E-state index contributed by atoms with van der Waals surface area (Å²) in [5, 5.41) is 21.5. The number of aromatic nitrogens is 3. The van der Waals surface area contributed by atoms with E-state index in [9.17, 15) is 19.5 Å². The van der Waals surface area contributed by atoms with E-state index in [1.54, 1.807) is 36.7 Å². The molecule has 0 radical (unpaired) electrons. The topological polar surface area (TPSA) is 134 Å². The lowest BCUT2D eigenvalue weighted by atomic mass is 10.1. The van der Waals surface area contributed by atoms with Gasteiger partial charge in [0.1, 0.15) is 17.9 Å². The number of carboxylic acids is 1. The third kappa shape index (κ3) is 2.97. The Bertz CT molecular complexity index is 1080. The number of rotatable bonds is 4. The van der Waals surface area contributed by atoms with Crippen LogP contribution in [0.3, 0.4) is 0 Å². The molecule has 1 amide bonds. The fourth-order valence-electron chi connectivity index (χ4n) is 2.57. The summed E-state index contributed by atoms with van der Waals surface area (Å²) < 4.78 is 1.21. The molecule has 132 valence electrons. The minimum Gasteiger partial charge on any atom is -0.506 e. The number of aryl methyl sites for hydroxylation is 1. The van der Waals surface area contributed by atoms with Crippen molar-refractivity contribution in [1.29, 1.82) is 0 Å². The van der Waals surface area contributed by atoms with Crippen LogP contribution in [0.2, 0.25) is 0 Å². The molecule has 0 spiro atoms. The maximum atomic E-state index is 12.4. The number of fused-ring (bicyclic) bond motifs is 1. The Morgan fingerprint density at radius 3 is 2.58 bits per heavy atom. The maximum Gasteiger partial charge on any atom is 0.322 e. The minimum atomic E-state index is -1.26. The maximum absolute atomic E-state index is 12.4. The number of aliphatic carboxylic acids is 1. The van der Waals surface area contributed by atoms with E-state index < -0.39 is 35.3 Å². The summed E-state index contributed by atoms with van der Waals surface area (Å²) in [5.74, 6) is -2.34. The molecule has 3 aromatic rings. The SMILES string of the molecule is Cn1c(=O)c(C(=O)NCC(=O)O)c(O)c2cc(-c3ncccn3)ccc21. The van der Waals surface area contributed by atoms with Gasteiger partial charge in [-0.05, 0) is 24.3 Å². The van der Waals surface area contributed by atoms with Crippen molar-refractivity contribution in [2.45, 2.75) is 0 Å². The zero-order valence-corrected chi connectivity index (χ0v) is 13.6. The first-order chi connectivity index (χ1) is 12.4. The Morgan fingerprint density at radius 1 is 1.23 bits per heavy atom. The Labute approximate surface area is 146 Å². The quantitative estimate of drug-likeness (QED) is 0.621. The highest BCUT2D eigenvalue weighted by Crippen LogP contribution is 2.29. The third-order valence-corrected chi connectivity index (χ3v) is 3.82. The molecule has 9 heteroatoms. The molecule has 0 fully saturated rings. The molecule has 2 aromatic heterocycles. The molecule has 3 N–H and O–H groups in total. The number of nitrogens with zero attached hydrogens (tertiary/aromatic N) is 3. The summed E-state index contributed by atoms with van der Waals surface area (Å²) in [4.78, 5) is 43.4. The van der Waals surface area contributed by atoms with Crippen molar-refractivity contribution < 1.29 is 19.8 Å². The average Bonchev–Trinajstić information content (AvgIpc) is 2.65. The van der Waals surface area contributed by atoms with Crippen LogP contribution in [0.25, 0.3) is 22.3 Å².